The summed E-state index contributed by atoms with van der Waals surface area (Å²) in [7, 11) is 0. The summed E-state index contributed by atoms with van der Waals surface area (Å²) < 4.78 is 12.7. The predicted octanol–water partition coefficient (Wildman–Crippen LogP) is 12.2. The van der Waals surface area contributed by atoms with Gasteiger partial charge in [-0.3, -0.25) is 0 Å². The third kappa shape index (κ3) is 3.61. The van der Waals surface area contributed by atoms with Crippen molar-refractivity contribution in [3.63, 3.8) is 0 Å². The van der Waals surface area contributed by atoms with E-state index in [0.717, 1.165) is 46.1 Å². The van der Waals surface area contributed by atoms with Crippen LogP contribution in [-0.2, 0) is 11.8 Å². The Bertz CT molecular complexity index is 2480. The fourth-order valence-corrected chi connectivity index (χ4v) is 7.45. The number of benzene rings is 6. The molecular formula is C42H32O2. The normalized spacial score (nSPS) is 14.3. The maximum Gasteiger partial charge on any atom is 0.135 e. The van der Waals surface area contributed by atoms with Crippen LogP contribution in [0.15, 0.2) is 118 Å². The molecule has 0 unspecified atom stereocenters. The number of allylic oxidation sites excluding steroid dienone is 1. The summed E-state index contributed by atoms with van der Waals surface area (Å²) in [5.41, 5.74) is 10.3. The van der Waals surface area contributed by atoms with E-state index in [4.69, 9.17) is 8.83 Å². The zero-order valence-corrected chi connectivity index (χ0v) is 25.2. The highest BCUT2D eigenvalue weighted by atomic mass is 16.3. The molecule has 0 amide bonds. The average Bonchev–Trinajstić information content (AvgIpc) is 3.62. The Balaban J connectivity index is 1.37. The van der Waals surface area contributed by atoms with Crippen LogP contribution in [0, 0.1) is 0 Å². The molecule has 0 saturated carbocycles. The van der Waals surface area contributed by atoms with Gasteiger partial charge < -0.3 is 8.83 Å². The number of aryl methyl sites for hydroxylation is 1. The summed E-state index contributed by atoms with van der Waals surface area (Å²) in [4.78, 5) is 0. The molecule has 44 heavy (non-hydrogen) atoms. The first kappa shape index (κ1) is 25.4. The van der Waals surface area contributed by atoms with Gasteiger partial charge in [0.1, 0.15) is 22.5 Å². The van der Waals surface area contributed by atoms with Crippen LogP contribution >= 0.6 is 0 Å². The standard InChI is InChI=1S/C42H32O2/c1-4-25-15-18-31-35(22-25)40(27-17-20-38-34(24-27)32-13-9-21-42(2,3)41(32)44-38)30-12-6-5-11-29(30)39(31)26-16-19-37-33(23-26)28-10-7-8-14-36(28)43-37/h5-20,22-24H,4,21H2,1-3H3. The molecule has 0 N–H and O–H groups in total. The average molecular weight is 569 g/mol. The van der Waals surface area contributed by atoms with Gasteiger partial charge in [0.25, 0.3) is 0 Å². The molecule has 6 aromatic carbocycles. The predicted molar refractivity (Wildman–Crippen MR) is 185 cm³/mol. The van der Waals surface area contributed by atoms with E-state index in [2.05, 4.69) is 124 Å². The van der Waals surface area contributed by atoms with Crippen molar-refractivity contribution in [2.24, 2.45) is 0 Å². The number of para-hydroxylation sites is 1. The first-order chi connectivity index (χ1) is 21.5. The van der Waals surface area contributed by atoms with Crippen LogP contribution in [0.25, 0.3) is 82.8 Å². The Hall–Kier alpha value is -5.08. The third-order valence-corrected chi connectivity index (χ3v) is 9.70. The quantitative estimate of drug-likeness (QED) is 0.198. The van der Waals surface area contributed by atoms with Crippen LogP contribution in [0.3, 0.4) is 0 Å². The second kappa shape index (κ2) is 9.21. The topological polar surface area (TPSA) is 26.3 Å². The van der Waals surface area contributed by atoms with Gasteiger partial charge in [-0.1, -0.05) is 106 Å². The Morgan fingerprint density at radius 3 is 1.93 bits per heavy atom. The fourth-order valence-electron chi connectivity index (χ4n) is 7.45. The lowest BCUT2D eigenvalue weighted by atomic mass is 9.80. The molecule has 2 heterocycles. The first-order valence-electron chi connectivity index (χ1n) is 15.6. The molecule has 2 aromatic heterocycles. The van der Waals surface area contributed by atoms with Crippen molar-refractivity contribution in [2.45, 2.75) is 39.0 Å². The van der Waals surface area contributed by atoms with E-state index < -0.39 is 0 Å². The highest BCUT2D eigenvalue weighted by Crippen LogP contribution is 2.47. The lowest BCUT2D eigenvalue weighted by Gasteiger charge is -2.24. The number of furan rings is 2. The highest BCUT2D eigenvalue weighted by molar-refractivity contribution is 6.22. The van der Waals surface area contributed by atoms with Gasteiger partial charge in [0.2, 0.25) is 0 Å². The second-order valence-corrected chi connectivity index (χ2v) is 12.9. The van der Waals surface area contributed by atoms with Crippen molar-refractivity contribution < 1.29 is 8.83 Å². The molecule has 0 spiro atoms. The van der Waals surface area contributed by atoms with E-state index in [1.54, 1.807) is 0 Å². The van der Waals surface area contributed by atoms with Crippen molar-refractivity contribution >= 4 is 60.5 Å². The number of hydrogen-bond donors (Lipinski definition) is 0. The van der Waals surface area contributed by atoms with Crippen LogP contribution in [0.2, 0.25) is 0 Å². The molecule has 0 fully saturated rings. The van der Waals surface area contributed by atoms with Crippen LogP contribution in [-0.4, -0.2) is 0 Å². The van der Waals surface area contributed by atoms with Crippen LogP contribution in [0.5, 0.6) is 0 Å². The lowest BCUT2D eigenvalue weighted by Crippen LogP contribution is -2.18. The van der Waals surface area contributed by atoms with Crippen molar-refractivity contribution in [1.82, 2.24) is 0 Å². The number of fused-ring (bicyclic) bond motifs is 8. The van der Waals surface area contributed by atoms with Crippen molar-refractivity contribution in [1.29, 1.82) is 0 Å². The van der Waals surface area contributed by atoms with E-state index >= 15 is 0 Å². The minimum atomic E-state index is -0.0122. The van der Waals surface area contributed by atoms with Crippen LogP contribution in [0.4, 0.5) is 0 Å². The van der Waals surface area contributed by atoms with Crippen LogP contribution < -0.4 is 0 Å². The largest absolute Gasteiger partial charge is 0.460 e. The van der Waals surface area contributed by atoms with Crippen molar-refractivity contribution in [3.05, 3.63) is 126 Å². The molecule has 8 aromatic rings. The molecule has 0 radical (unpaired) electrons. The van der Waals surface area contributed by atoms with Crippen molar-refractivity contribution in [2.75, 3.05) is 0 Å². The molecule has 0 atom stereocenters. The van der Waals surface area contributed by atoms with E-state index in [9.17, 15) is 0 Å². The monoisotopic (exact) mass is 568 g/mol. The summed E-state index contributed by atoms with van der Waals surface area (Å²) in [6.07, 6.45) is 6.51. The van der Waals surface area contributed by atoms with E-state index in [-0.39, 0.29) is 5.41 Å². The van der Waals surface area contributed by atoms with Gasteiger partial charge in [0, 0.05) is 27.1 Å². The SMILES string of the molecule is CCc1ccc2c(-c3ccc4oc5ccccc5c4c3)c3ccccc3c(-c3ccc4oc5c(c4c3)C=CCC5(C)C)c2c1. The zero-order chi connectivity index (χ0) is 29.6. The fraction of sp³-hybridized carbons (Fsp3) is 0.143. The van der Waals surface area contributed by atoms with Gasteiger partial charge >= 0.3 is 0 Å². The minimum Gasteiger partial charge on any atom is -0.460 e. The summed E-state index contributed by atoms with van der Waals surface area (Å²) in [5, 5.41) is 8.54. The van der Waals surface area contributed by atoms with Gasteiger partial charge in [-0.15, -0.1) is 0 Å². The third-order valence-electron chi connectivity index (χ3n) is 9.70. The van der Waals surface area contributed by atoms with Crippen molar-refractivity contribution in [3.8, 4) is 22.3 Å². The summed E-state index contributed by atoms with van der Waals surface area (Å²) >= 11 is 0. The molecule has 1 aliphatic carbocycles. The number of rotatable bonds is 3. The Labute approximate surface area is 256 Å². The second-order valence-electron chi connectivity index (χ2n) is 12.9. The van der Waals surface area contributed by atoms with E-state index in [1.807, 2.05) is 12.1 Å². The Morgan fingerprint density at radius 2 is 1.18 bits per heavy atom. The molecule has 0 bridgehead atoms. The first-order valence-corrected chi connectivity index (χ1v) is 15.6. The zero-order valence-electron chi connectivity index (χ0n) is 25.2. The lowest BCUT2D eigenvalue weighted by molar-refractivity contribution is 0.400. The maximum atomic E-state index is 6.49. The summed E-state index contributed by atoms with van der Waals surface area (Å²) in [6.45, 7) is 6.78. The van der Waals surface area contributed by atoms with Gasteiger partial charge in [0.15, 0.2) is 0 Å². The summed E-state index contributed by atoms with van der Waals surface area (Å²) in [6, 6.07) is 37.7. The number of hydrogen-bond acceptors (Lipinski definition) is 2. The molecule has 1 aliphatic rings. The minimum absolute atomic E-state index is 0.0122. The van der Waals surface area contributed by atoms with Gasteiger partial charge in [-0.25, -0.2) is 0 Å². The highest BCUT2D eigenvalue weighted by Gasteiger charge is 2.30. The molecule has 0 aliphatic heterocycles. The van der Waals surface area contributed by atoms with Gasteiger partial charge in [0.05, 0.1) is 0 Å². The Morgan fingerprint density at radius 1 is 0.568 bits per heavy atom. The van der Waals surface area contributed by atoms with Gasteiger partial charge in [-0.2, -0.15) is 0 Å². The van der Waals surface area contributed by atoms with E-state index in [1.165, 1.54) is 60.3 Å². The molecule has 2 nitrogen and oxygen atoms in total. The molecule has 9 rings (SSSR count). The Kier molecular flexibility index (Phi) is 5.32. The molecular weight excluding hydrogens is 536 g/mol. The maximum absolute atomic E-state index is 6.49. The molecule has 2 heteroatoms. The molecule has 0 saturated heterocycles. The van der Waals surface area contributed by atoms with E-state index in [0.29, 0.717) is 0 Å². The van der Waals surface area contributed by atoms with Crippen LogP contribution in [0.1, 0.15) is 44.1 Å². The smallest absolute Gasteiger partial charge is 0.135 e. The van der Waals surface area contributed by atoms with Gasteiger partial charge in [-0.05, 0) is 92.5 Å². The molecule has 212 valence electrons. The summed E-state index contributed by atoms with van der Waals surface area (Å²) in [5.74, 6) is 1.09.